The van der Waals surface area contributed by atoms with Gasteiger partial charge in [-0.1, -0.05) is 42.1 Å². The zero-order valence-corrected chi connectivity index (χ0v) is 19.2. The summed E-state index contributed by atoms with van der Waals surface area (Å²) in [6, 6.07) is 19.3. The summed E-state index contributed by atoms with van der Waals surface area (Å²) in [7, 11) is 1.60. The molecule has 0 spiro atoms. The van der Waals surface area contributed by atoms with Crippen molar-refractivity contribution in [2.75, 3.05) is 19.4 Å². The van der Waals surface area contributed by atoms with Gasteiger partial charge in [0, 0.05) is 6.54 Å². The molecule has 2 aromatic heterocycles. The molecule has 0 fully saturated rings. The van der Waals surface area contributed by atoms with Gasteiger partial charge in [-0.3, -0.25) is 14.2 Å². The van der Waals surface area contributed by atoms with Gasteiger partial charge in [0.05, 0.1) is 24.1 Å². The predicted octanol–water partition coefficient (Wildman–Crippen LogP) is 4.30. The van der Waals surface area contributed by atoms with Crippen LogP contribution in [0.2, 0.25) is 0 Å². The Bertz CT molecular complexity index is 1250. The Kier molecular flexibility index (Phi) is 7.24. The molecule has 0 aliphatic carbocycles. The first-order valence-electron chi connectivity index (χ1n) is 10.2. The molecule has 0 aliphatic rings. The van der Waals surface area contributed by atoms with Gasteiger partial charge < -0.3 is 10.1 Å². The molecule has 0 unspecified atom stereocenters. The lowest BCUT2D eigenvalue weighted by molar-refractivity contribution is -0.118. The molecular weight excluding hydrogens is 442 g/mol. The Balaban J connectivity index is 1.44. The topological polar surface area (TPSA) is 73.2 Å². The number of ether oxygens (including phenoxy) is 1. The summed E-state index contributed by atoms with van der Waals surface area (Å²) in [6.45, 7) is 0.608. The van der Waals surface area contributed by atoms with E-state index in [1.54, 1.807) is 23.8 Å². The second kappa shape index (κ2) is 10.5. The number of thiophene rings is 1. The Labute approximate surface area is 194 Å². The zero-order chi connectivity index (χ0) is 22.3. The van der Waals surface area contributed by atoms with Gasteiger partial charge >= 0.3 is 0 Å². The highest BCUT2D eigenvalue weighted by molar-refractivity contribution is 7.99. The summed E-state index contributed by atoms with van der Waals surface area (Å²) in [5, 5.41) is 5.30. The van der Waals surface area contributed by atoms with E-state index in [2.05, 4.69) is 22.4 Å². The van der Waals surface area contributed by atoms with Crippen LogP contribution in [0.25, 0.3) is 15.9 Å². The number of carbonyl (C=O) groups excluding carboxylic acids is 1. The largest absolute Gasteiger partial charge is 0.497 e. The Morgan fingerprint density at radius 3 is 2.66 bits per heavy atom. The van der Waals surface area contributed by atoms with Crippen LogP contribution in [0.3, 0.4) is 0 Å². The van der Waals surface area contributed by atoms with Gasteiger partial charge in [0.25, 0.3) is 5.56 Å². The number of hydrogen-bond acceptors (Lipinski definition) is 6. The normalized spacial score (nSPS) is 10.9. The molecule has 1 amide bonds. The number of thioether (sulfide) groups is 1. The minimum absolute atomic E-state index is 0.0796. The van der Waals surface area contributed by atoms with Crippen molar-refractivity contribution in [3.8, 4) is 11.4 Å². The quantitative estimate of drug-likeness (QED) is 0.227. The smallest absolute Gasteiger partial charge is 0.276 e. The van der Waals surface area contributed by atoms with Crippen molar-refractivity contribution in [1.82, 2.24) is 14.9 Å². The fourth-order valence-corrected chi connectivity index (χ4v) is 4.90. The molecule has 6 nitrogen and oxygen atoms in total. The number of aryl methyl sites for hydroxylation is 1. The fourth-order valence-electron chi connectivity index (χ4n) is 3.29. The van der Waals surface area contributed by atoms with Gasteiger partial charge in [-0.15, -0.1) is 11.3 Å². The second-order valence-electron chi connectivity index (χ2n) is 7.10. The van der Waals surface area contributed by atoms with Crippen molar-refractivity contribution in [2.45, 2.75) is 18.0 Å². The molecule has 4 rings (SSSR count). The number of aromatic nitrogens is 2. The molecule has 164 valence electrons. The predicted molar refractivity (Wildman–Crippen MR) is 130 cm³/mol. The molecule has 8 heteroatoms. The average molecular weight is 466 g/mol. The van der Waals surface area contributed by atoms with Crippen LogP contribution in [0.1, 0.15) is 12.0 Å². The first kappa shape index (κ1) is 22.1. The molecule has 0 bridgehead atoms. The second-order valence-corrected chi connectivity index (χ2v) is 8.95. The monoisotopic (exact) mass is 465 g/mol. The molecule has 32 heavy (non-hydrogen) atoms. The van der Waals surface area contributed by atoms with Crippen molar-refractivity contribution in [1.29, 1.82) is 0 Å². The van der Waals surface area contributed by atoms with Crippen LogP contribution < -0.4 is 15.6 Å². The van der Waals surface area contributed by atoms with E-state index in [4.69, 9.17) is 4.74 Å². The van der Waals surface area contributed by atoms with E-state index in [1.165, 1.54) is 28.7 Å². The third-order valence-corrected chi connectivity index (χ3v) is 6.75. The lowest BCUT2D eigenvalue weighted by atomic mass is 10.1. The summed E-state index contributed by atoms with van der Waals surface area (Å²) < 4.78 is 7.37. The van der Waals surface area contributed by atoms with Crippen LogP contribution in [0, 0.1) is 0 Å². The summed E-state index contributed by atoms with van der Waals surface area (Å²) in [6.07, 6.45) is 1.79. The van der Waals surface area contributed by atoms with Crippen LogP contribution in [0.15, 0.2) is 76.0 Å². The SMILES string of the molecule is COc1ccc(-n2c(SCC(=O)NCCCc3ccccc3)nc3ccsc3c2=O)cc1. The number of methoxy groups -OCH3 is 1. The van der Waals surface area contributed by atoms with Crippen LogP contribution in [0.5, 0.6) is 5.75 Å². The van der Waals surface area contributed by atoms with Gasteiger partial charge in [-0.05, 0) is 54.1 Å². The number of fused-ring (bicyclic) bond motifs is 1. The summed E-state index contributed by atoms with van der Waals surface area (Å²) in [5.41, 5.74) is 2.45. The maximum atomic E-state index is 13.1. The summed E-state index contributed by atoms with van der Waals surface area (Å²) in [4.78, 5) is 30.2. The van der Waals surface area contributed by atoms with Gasteiger partial charge in [-0.2, -0.15) is 0 Å². The maximum Gasteiger partial charge on any atom is 0.276 e. The molecular formula is C24H23N3O3S2. The number of hydrogen-bond donors (Lipinski definition) is 1. The van der Waals surface area contributed by atoms with Gasteiger partial charge in [0.15, 0.2) is 5.16 Å². The number of carbonyl (C=O) groups is 1. The van der Waals surface area contributed by atoms with Crippen LogP contribution in [-0.4, -0.2) is 34.9 Å². The lowest BCUT2D eigenvalue weighted by Gasteiger charge is -2.12. The van der Waals surface area contributed by atoms with Crippen LogP contribution in [-0.2, 0) is 11.2 Å². The maximum absolute atomic E-state index is 13.1. The van der Waals surface area contributed by atoms with E-state index in [1.807, 2.05) is 41.8 Å². The number of benzene rings is 2. The van der Waals surface area contributed by atoms with Gasteiger partial charge in [0.2, 0.25) is 5.91 Å². The molecule has 4 aromatic rings. The molecule has 0 atom stereocenters. The average Bonchev–Trinajstić information content (AvgIpc) is 3.30. The molecule has 0 aliphatic heterocycles. The van der Waals surface area contributed by atoms with Crippen LogP contribution in [0.4, 0.5) is 0 Å². The Morgan fingerprint density at radius 2 is 1.91 bits per heavy atom. The highest BCUT2D eigenvalue weighted by Crippen LogP contribution is 2.24. The van der Waals surface area contributed by atoms with E-state index in [9.17, 15) is 9.59 Å². The van der Waals surface area contributed by atoms with Crippen LogP contribution >= 0.6 is 23.1 Å². The number of amides is 1. The minimum Gasteiger partial charge on any atom is -0.497 e. The fraction of sp³-hybridized carbons (Fsp3) is 0.208. The first-order valence-corrected chi connectivity index (χ1v) is 12.1. The van der Waals surface area contributed by atoms with E-state index in [0.29, 0.717) is 33.4 Å². The highest BCUT2D eigenvalue weighted by atomic mass is 32.2. The lowest BCUT2D eigenvalue weighted by Crippen LogP contribution is -2.27. The van der Waals surface area contributed by atoms with Crippen molar-refractivity contribution < 1.29 is 9.53 Å². The first-order chi connectivity index (χ1) is 15.7. The third-order valence-electron chi connectivity index (χ3n) is 4.92. The van der Waals surface area contributed by atoms with E-state index >= 15 is 0 Å². The van der Waals surface area contributed by atoms with E-state index in [-0.39, 0.29) is 17.2 Å². The number of nitrogens with zero attached hydrogens (tertiary/aromatic N) is 2. The molecule has 0 saturated heterocycles. The molecule has 2 aromatic carbocycles. The van der Waals surface area contributed by atoms with Crippen molar-refractivity contribution in [3.05, 3.63) is 82.0 Å². The zero-order valence-electron chi connectivity index (χ0n) is 17.6. The van der Waals surface area contributed by atoms with E-state index < -0.39 is 0 Å². The standard InChI is InChI=1S/C24H23N3O3S2/c1-30-19-11-9-18(10-12-19)27-23(29)22-20(13-15-31-22)26-24(27)32-16-21(28)25-14-5-8-17-6-3-2-4-7-17/h2-4,6-7,9-13,15H,5,8,14,16H2,1H3,(H,25,28). The Morgan fingerprint density at radius 1 is 1.12 bits per heavy atom. The summed E-state index contributed by atoms with van der Waals surface area (Å²) in [5.74, 6) is 0.809. The van der Waals surface area contributed by atoms with Gasteiger partial charge in [-0.25, -0.2) is 4.98 Å². The van der Waals surface area contributed by atoms with Crippen molar-refractivity contribution in [2.24, 2.45) is 0 Å². The Hall–Kier alpha value is -3.10. The number of nitrogens with one attached hydrogen (secondary N) is 1. The van der Waals surface area contributed by atoms with Crippen molar-refractivity contribution in [3.63, 3.8) is 0 Å². The third kappa shape index (κ3) is 5.20. The molecule has 0 saturated carbocycles. The molecule has 1 N–H and O–H groups in total. The molecule has 2 heterocycles. The summed E-state index contributed by atoms with van der Waals surface area (Å²) >= 11 is 2.63. The molecule has 0 radical (unpaired) electrons. The number of rotatable bonds is 9. The van der Waals surface area contributed by atoms with E-state index in [0.717, 1.165) is 12.8 Å². The van der Waals surface area contributed by atoms with Gasteiger partial charge in [0.1, 0.15) is 10.4 Å². The highest BCUT2D eigenvalue weighted by Gasteiger charge is 2.15. The minimum atomic E-state index is -0.138. The van der Waals surface area contributed by atoms with Crippen molar-refractivity contribution >= 4 is 39.2 Å².